The summed E-state index contributed by atoms with van der Waals surface area (Å²) in [4.78, 5) is 14.4. The number of ether oxygens (including phenoxy) is 1. The minimum absolute atomic E-state index is 0.0351. The van der Waals surface area contributed by atoms with Gasteiger partial charge in [-0.05, 0) is 42.1 Å². The molecule has 2 aromatic heterocycles. The predicted molar refractivity (Wildman–Crippen MR) is 99.1 cm³/mol. The van der Waals surface area contributed by atoms with Crippen LogP contribution in [0.1, 0.15) is 21.7 Å². The van der Waals surface area contributed by atoms with E-state index in [4.69, 9.17) is 10.5 Å². The molecule has 0 unspecified atom stereocenters. The lowest BCUT2D eigenvalue weighted by molar-refractivity contribution is 0.0948. The Kier molecular flexibility index (Phi) is 5.60. The first-order chi connectivity index (χ1) is 13.5. The maximum Gasteiger partial charge on any atom is 0.293 e. The molecule has 146 valence electrons. The van der Waals surface area contributed by atoms with Gasteiger partial charge >= 0.3 is 0 Å². The zero-order valence-electron chi connectivity index (χ0n) is 15.5. The van der Waals surface area contributed by atoms with Gasteiger partial charge in [-0.2, -0.15) is 9.78 Å². The fourth-order valence-electron chi connectivity index (χ4n) is 2.37. The number of hydrogen-bond acceptors (Lipinski definition) is 10. The minimum atomic E-state index is -0.530. The van der Waals surface area contributed by atoms with Crippen molar-refractivity contribution in [3.05, 3.63) is 41.2 Å². The van der Waals surface area contributed by atoms with Crippen molar-refractivity contribution in [1.82, 2.24) is 35.6 Å². The zero-order chi connectivity index (χ0) is 20.1. The highest BCUT2D eigenvalue weighted by Crippen LogP contribution is 2.17. The summed E-state index contributed by atoms with van der Waals surface area (Å²) in [7, 11) is 5.25. The summed E-state index contributed by atoms with van der Waals surface area (Å²) in [5.74, 6) is 0.346. The topological polar surface area (TPSA) is 150 Å². The van der Waals surface area contributed by atoms with Crippen molar-refractivity contribution < 1.29 is 14.2 Å². The molecular formula is C16H19N9O3. The molecule has 0 atom stereocenters. The maximum atomic E-state index is 12.6. The molecule has 0 fully saturated rings. The Morgan fingerprint density at radius 1 is 1.43 bits per heavy atom. The van der Waals surface area contributed by atoms with Gasteiger partial charge in [0.2, 0.25) is 11.6 Å². The molecule has 28 heavy (non-hydrogen) atoms. The van der Waals surface area contributed by atoms with Crippen LogP contribution in [0.2, 0.25) is 0 Å². The van der Waals surface area contributed by atoms with Crippen LogP contribution in [0.15, 0.2) is 34.0 Å². The van der Waals surface area contributed by atoms with E-state index in [-0.39, 0.29) is 17.3 Å². The average Bonchev–Trinajstić information content (AvgIpc) is 3.27. The highest BCUT2D eigenvalue weighted by molar-refractivity contribution is 5.94. The van der Waals surface area contributed by atoms with Gasteiger partial charge in [-0.3, -0.25) is 4.79 Å². The monoisotopic (exact) mass is 385 g/mol. The molecular weight excluding hydrogens is 366 g/mol. The summed E-state index contributed by atoms with van der Waals surface area (Å²) < 4.78 is 11.1. The van der Waals surface area contributed by atoms with Crippen LogP contribution in [0.3, 0.4) is 0 Å². The molecule has 0 aliphatic rings. The first kappa shape index (κ1) is 19.0. The molecule has 3 aromatic rings. The second-order valence-corrected chi connectivity index (χ2v) is 5.98. The highest BCUT2D eigenvalue weighted by atomic mass is 16.6. The summed E-state index contributed by atoms with van der Waals surface area (Å²) in [6, 6.07) is 7.24. The number of hydrogen-bond donors (Lipinski definition) is 2. The van der Waals surface area contributed by atoms with Gasteiger partial charge in [0.25, 0.3) is 5.91 Å². The first-order valence-electron chi connectivity index (χ1n) is 8.14. The molecule has 0 aliphatic carbocycles. The molecule has 3 N–H and O–H groups in total. The fraction of sp³-hybridized carbons (Fsp3) is 0.250. The fourth-order valence-corrected chi connectivity index (χ4v) is 2.37. The van der Waals surface area contributed by atoms with Gasteiger partial charge < -0.3 is 15.4 Å². The molecule has 12 heteroatoms. The second kappa shape index (κ2) is 8.26. The number of nitrogens with zero attached hydrogens (tertiary/aromatic N) is 7. The van der Waals surface area contributed by atoms with E-state index in [9.17, 15) is 4.79 Å². The molecule has 0 radical (unpaired) electrons. The van der Waals surface area contributed by atoms with Gasteiger partial charge in [-0.1, -0.05) is 17.3 Å². The molecule has 1 amide bonds. The number of nitrogens with two attached hydrogens (primary N) is 1. The third-order valence-corrected chi connectivity index (χ3v) is 3.61. The molecule has 0 spiro atoms. The second-order valence-electron chi connectivity index (χ2n) is 5.98. The van der Waals surface area contributed by atoms with Crippen molar-refractivity contribution >= 4 is 17.9 Å². The summed E-state index contributed by atoms with van der Waals surface area (Å²) in [6.45, 7) is 0.349. The Balaban J connectivity index is 1.82. The number of amides is 1. The van der Waals surface area contributed by atoms with Crippen molar-refractivity contribution in [3.63, 3.8) is 0 Å². The SMILES string of the molecule is COc1cccc(C=NNC(=O)c2nnn(-c3nonc3N)c2CN(C)C)c1. The third kappa shape index (κ3) is 4.12. The molecule has 3 rings (SSSR count). The molecule has 12 nitrogen and oxygen atoms in total. The molecule has 0 saturated carbocycles. The van der Waals surface area contributed by atoms with E-state index >= 15 is 0 Å². The van der Waals surface area contributed by atoms with E-state index in [0.717, 1.165) is 5.56 Å². The van der Waals surface area contributed by atoms with Crippen molar-refractivity contribution in [1.29, 1.82) is 0 Å². The Bertz CT molecular complexity index is 993. The van der Waals surface area contributed by atoms with E-state index < -0.39 is 5.91 Å². The number of benzene rings is 1. The van der Waals surface area contributed by atoms with E-state index in [2.05, 4.69) is 35.8 Å². The summed E-state index contributed by atoms with van der Waals surface area (Å²) in [6.07, 6.45) is 1.50. The summed E-state index contributed by atoms with van der Waals surface area (Å²) in [5.41, 5.74) is 9.46. The van der Waals surface area contributed by atoms with E-state index in [0.29, 0.717) is 18.0 Å². The number of carbonyl (C=O) groups is 1. The standard InChI is InChI=1S/C16H19N9O3/c1-24(2)9-12-13(19-23-25(12)15-14(17)21-28-22-15)16(26)20-18-8-10-5-4-6-11(7-10)27-3/h4-8H,9H2,1-3H3,(H2,17,21)(H,20,26). The van der Waals surface area contributed by atoms with Crippen molar-refractivity contribution in [2.24, 2.45) is 5.10 Å². The van der Waals surface area contributed by atoms with Crippen LogP contribution in [0.25, 0.3) is 5.82 Å². The number of nitrogens with one attached hydrogen (secondary N) is 1. The first-order valence-corrected chi connectivity index (χ1v) is 8.14. The number of carbonyl (C=O) groups excluding carboxylic acids is 1. The Hall–Kier alpha value is -3.80. The predicted octanol–water partition coefficient (Wildman–Crippen LogP) is 0.0666. The third-order valence-electron chi connectivity index (χ3n) is 3.61. The molecule has 1 aromatic carbocycles. The number of rotatable bonds is 7. The van der Waals surface area contributed by atoms with E-state index in [1.165, 1.54) is 10.9 Å². The number of anilines is 1. The summed E-state index contributed by atoms with van der Waals surface area (Å²) >= 11 is 0. The van der Waals surface area contributed by atoms with E-state index in [1.54, 1.807) is 13.2 Å². The van der Waals surface area contributed by atoms with Crippen LogP contribution in [-0.2, 0) is 6.54 Å². The van der Waals surface area contributed by atoms with Gasteiger partial charge in [-0.25, -0.2) is 10.1 Å². The zero-order valence-corrected chi connectivity index (χ0v) is 15.5. The van der Waals surface area contributed by atoms with Crippen molar-refractivity contribution in [2.75, 3.05) is 26.9 Å². The summed E-state index contributed by atoms with van der Waals surface area (Å²) in [5, 5.41) is 19.1. The average molecular weight is 385 g/mol. The van der Waals surface area contributed by atoms with Gasteiger partial charge in [0.1, 0.15) is 5.75 Å². The van der Waals surface area contributed by atoms with Crippen LogP contribution in [0.4, 0.5) is 5.82 Å². The van der Waals surface area contributed by atoms with Crippen LogP contribution < -0.4 is 15.9 Å². The molecule has 0 bridgehead atoms. The molecule has 2 heterocycles. The van der Waals surface area contributed by atoms with Crippen LogP contribution in [-0.4, -0.2) is 63.5 Å². The van der Waals surface area contributed by atoms with Crippen molar-refractivity contribution in [3.8, 4) is 11.6 Å². The smallest absolute Gasteiger partial charge is 0.293 e. The lowest BCUT2D eigenvalue weighted by Crippen LogP contribution is -2.23. The van der Waals surface area contributed by atoms with Gasteiger partial charge in [0.15, 0.2) is 5.69 Å². The quantitative estimate of drug-likeness (QED) is 0.425. The molecule has 0 aliphatic heterocycles. The molecule has 0 saturated heterocycles. The Morgan fingerprint density at radius 3 is 2.93 bits per heavy atom. The van der Waals surface area contributed by atoms with Gasteiger partial charge in [0.05, 0.1) is 19.0 Å². The number of methoxy groups -OCH3 is 1. The van der Waals surface area contributed by atoms with E-state index in [1.807, 2.05) is 37.2 Å². The number of aromatic nitrogens is 5. The lowest BCUT2D eigenvalue weighted by atomic mass is 10.2. The highest BCUT2D eigenvalue weighted by Gasteiger charge is 2.24. The Morgan fingerprint density at radius 2 is 2.25 bits per heavy atom. The van der Waals surface area contributed by atoms with Crippen LogP contribution >= 0.6 is 0 Å². The lowest BCUT2D eigenvalue weighted by Gasteiger charge is -2.11. The minimum Gasteiger partial charge on any atom is -0.497 e. The number of hydrazone groups is 1. The number of nitrogen functional groups attached to an aromatic ring is 1. The van der Waals surface area contributed by atoms with Crippen molar-refractivity contribution in [2.45, 2.75) is 6.54 Å². The van der Waals surface area contributed by atoms with Crippen LogP contribution in [0, 0.1) is 0 Å². The maximum absolute atomic E-state index is 12.6. The Labute approximate surface area is 159 Å². The van der Waals surface area contributed by atoms with Crippen LogP contribution in [0.5, 0.6) is 5.75 Å². The normalized spacial score (nSPS) is 11.3. The van der Waals surface area contributed by atoms with Gasteiger partial charge in [-0.15, -0.1) is 5.10 Å². The van der Waals surface area contributed by atoms with Gasteiger partial charge in [0, 0.05) is 6.54 Å². The largest absolute Gasteiger partial charge is 0.497 e.